The van der Waals surface area contributed by atoms with Gasteiger partial charge in [0.25, 0.3) is 0 Å². The average Bonchev–Trinajstić information content (AvgIpc) is 3.64. The summed E-state index contributed by atoms with van der Waals surface area (Å²) in [6, 6.07) is 12.4. The van der Waals surface area contributed by atoms with Gasteiger partial charge in [0.15, 0.2) is 0 Å². The number of ether oxygens (including phenoxy) is 1. The van der Waals surface area contributed by atoms with Crippen LogP contribution in [0.5, 0.6) is 0 Å². The van der Waals surface area contributed by atoms with Gasteiger partial charge in [-0.05, 0) is 41.0 Å². The maximum atomic E-state index is 14.3. The highest BCUT2D eigenvalue weighted by atomic mass is 16.5. The van der Waals surface area contributed by atoms with Gasteiger partial charge in [0.1, 0.15) is 6.04 Å². The summed E-state index contributed by atoms with van der Waals surface area (Å²) in [5, 5.41) is 30.2. The number of imidazole rings is 1. The second-order valence-electron chi connectivity index (χ2n) is 14.5. The van der Waals surface area contributed by atoms with Crippen molar-refractivity contribution < 1.29 is 29.3 Å². The Hall–Kier alpha value is -3.80. The Bertz CT molecular complexity index is 1510. The van der Waals surface area contributed by atoms with E-state index >= 15 is 0 Å². The number of aromatic amines is 1. The summed E-state index contributed by atoms with van der Waals surface area (Å²) >= 11 is 0. The van der Waals surface area contributed by atoms with Crippen molar-refractivity contribution in [3.63, 3.8) is 0 Å². The molecule has 1 saturated heterocycles. The van der Waals surface area contributed by atoms with Crippen molar-refractivity contribution in [2.45, 2.75) is 102 Å². The Morgan fingerprint density at radius 2 is 1.68 bits per heavy atom. The Morgan fingerprint density at radius 1 is 0.940 bits per heavy atom. The quantitative estimate of drug-likeness (QED) is 0.153. The van der Waals surface area contributed by atoms with E-state index in [1.807, 2.05) is 56.3 Å². The third-order valence-corrected chi connectivity index (χ3v) is 10.5. The first kappa shape index (κ1) is 37.5. The third-order valence-electron chi connectivity index (χ3n) is 10.5. The van der Waals surface area contributed by atoms with Gasteiger partial charge in [0, 0.05) is 44.2 Å². The largest absolute Gasteiger partial charge is 0.393 e. The van der Waals surface area contributed by atoms with Gasteiger partial charge in [0.2, 0.25) is 17.7 Å². The van der Waals surface area contributed by atoms with Crippen LogP contribution in [0.1, 0.15) is 76.5 Å². The van der Waals surface area contributed by atoms with E-state index in [0.29, 0.717) is 50.8 Å². The molecule has 3 aromatic rings. The van der Waals surface area contributed by atoms with Crippen molar-refractivity contribution >= 4 is 28.5 Å². The van der Waals surface area contributed by atoms with Crippen molar-refractivity contribution in [3.05, 3.63) is 66.2 Å². The minimum absolute atomic E-state index is 0.0104. The van der Waals surface area contributed by atoms with Crippen LogP contribution < -0.4 is 10.6 Å². The molecule has 2 fully saturated rings. The molecule has 5 rings (SSSR count). The number of benzene rings is 2. The molecule has 0 unspecified atom stereocenters. The van der Waals surface area contributed by atoms with Crippen molar-refractivity contribution in [1.29, 1.82) is 0 Å². The number of nitrogens with one attached hydrogen (secondary N) is 3. The van der Waals surface area contributed by atoms with E-state index in [1.54, 1.807) is 11.1 Å². The summed E-state index contributed by atoms with van der Waals surface area (Å²) in [5.41, 5.74) is 1.62. The van der Waals surface area contributed by atoms with Gasteiger partial charge in [-0.25, -0.2) is 4.98 Å². The molecule has 3 amide bonds. The molecule has 5 atom stereocenters. The number of hydrogen-bond donors (Lipinski definition) is 5. The molecule has 2 aliphatic rings. The van der Waals surface area contributed by atoms with Crippen molar-refractivity contribution in [1.82, 2.24) is 25.5 Å². The highest BCUT2D eigenvalue weighted by Crippen LogP contribution is 2.29. The molecule has 1 aliphatic carbocycles. The lowest BCUT2D eigenvalue weighted by molar-refractivity contribution is -0.140. The number of rotatable bonds is 16. The summed E-state index contributed by atoms with van der Waals surface area (Å²) in [4.78, 5) is 50.9. The zero-order chi connectivity index (χ0) is 35.5. The lowest BCUT2D eigenvalue weighted by atomic mass is 9.82. The summed E-state index contributed by atoms with van der Waals surface area (Å²) < 4.78 is 5.45. The van der Waals surface area contributed by atoms with Gasteiger partial charge in [-0.2, -0.15) is 0 Å². The Labute approximate surface area is 295 Å². The van der Waals surface area contributed by atoms with Crippen LogP contribution in [0.15, 0.2) is 55.0 Å². The molecular formula is C39H55N5O6. The van der Waals surface area contributed by atoms with Gasteiger partial charge < -0.3 is 35.5 Å². The zero-order valence-electron chi connectivity index (χ0n) is 29.6. The Morgan fingerprint density at radius 3 is 2.40 bits per heavy atom. The van der Waals surface area contributed by atoms with Crippen LogP contribution in [0.3, 0.4) is 0 Å². The fourth-order valence-corrected chi connectivity index (χ4v) is 7.32. The van der Waals surface area contributed by atoms with Crippen LogP contribution in [0.4, 0.5) is 0 Å². The SMILES string of the molecule is CC(C)[C@@H](O)C[C@H](O)[C@H](CC1CCCCC1)NC(=O)[C@H](Cc1cnc[nH]1)NC(=O)[C@H](CC(=O)N1CCOCC1)Cc1cccc2ccccc12. The van der Waals surface area contributed by atoms with Crippen LogP contribution in [-0.4, -0.2) is 93.4 Å². The summed E-state index contributed by atoms with van der Waals surface area (Å²) in [6.07, 6.45) is 8.18. The lowest BCUT2D eigenvalue weighted by Gasteiger charge is -2.33. The molecule has 11 nitrogen and oxygen atoms in total. The maximum absolute atomic E-state index is 14.3. The first-order chi connectivity index (χ1) is 24.2. The highest BCUT2D eigenvalue weighted by molar-refractivity contribution is 5.92. The van der Waals surface area contributed by atoms with Crippen molar-refractivity contribution in [3.8, 4) is 0 Å². The number of fused-ring (bicyclic) bond motifs is 1. The number of amides is 3. The van der Waals surface area contributed by atoms with Gasteiger partial charge in [-0.3, -0.25) is 14.4 Å². The number of aliphatic hydroxyl groups excluding tert-OH is 2. The minimum atomic E-state index is -0.993. The van der Waals surface area contributed by atoms with Crippen LogP contribution in [0.25, 0.3) is 10.8 Å². The molecule has 272 valence electrons. The number of aromatic nitrogens is 2. The monoisotopic (exact) mass is 689 g/mol. The summed E-state index contributed by atoms with van der Waals surface area (Å²) in [7, 11) is 0. The maximum Gasteiger partial charge on any atom is 0.243 e. The predicted octanol–water partition coefficient (Wildman–Crippen LogP) is 3.92. The first-order valence-electron chi connectivity index (χ1n) is 18.4. The number of hydrogen-bond acceptors (Lipinski definition) is 7. The summed E-state index contributed by atoms with van der Waals surface area (Å²) in [5.74, 6) is -1.35. The molecule has 0 bridgehead atoms. The Balaban J connectivity index is 1.38. The van der Waals surface area contributed by atoms with E-state index in [9.17, 15) is 24.6 Å². The first-order valence-corrected chi connectivity index (χ1v) is 18.4. The van der Waals surface area contributed by atoms with E-state index in [0.717, 1.165) is 42.0 Å². The summed E-state index contributed by atoms with van der Waals surface area (Å²) in [6.45, 7) is 5.67. The molecule has 50 heavy (non-hydrogen) atoms. The topological polar surface area (TPSA) is 157 Å². The Kier molecular flexibility index (Phi) is 13.8. The van der Waals surface area contributed by atoms with Crippen LogP contribution >= 0.6 is 0 Å². The van der Waals surface area contributed by atoms with Crippen LogP contribution in [0.2, 0.25) is 0 Å². The molecule has 11 heteroatoms. The predicted molar refractivity (Wildman–Crippen MR) is 192 cm³/mol. The zero-order valence-corrected chi connectivity index (χ0v) is 29.6. The van der Waals surface area contributed by atoms with Crippen LogP contribution in [-0.2, 0) is 32.0 Å². The third kappa shape index (κ3) is 10.6. The fraction of sp³-hybridized carbons (Fsp3) is 0.590. The van der Waals surface area contributed by atoms with E-state index in [1.165, 1.54) is 12.7 Å². The van der Waals surface area contributed by atoms with E-state index < -0.39 is 36.1 Å². The molecule has 5 N–H and O–H groups in total. The van der Waals surface area contributed by atoms with Crippen molar-refractivity contribution in [2.24, 2.45) is 17.8 Å². The van der Waals surface area contributed by atoms with E-state index in [-0.39, 0.29) is 37.0 Å². The molecular weight excluding hydrogens is 634 g/mol. The van der Waals surface area contributed by atoms with Gasteiger partial charge in [-0.15, -0.1) is 0 Å². The van der Waals surface area contributed by atoms with E-state index in [2.05, 4.69) is 20.6 Å². The molecule has 0 radical (unpaired) electrons. The second kappa shape index (κ2) is 18.4. The number of aliphatic hydroxyl groups is 2. The fourth-order valence-electron chi connectivity index (χ4n) is 7.32. The van der Waals surface area contributed by atoms with Gasteiger partial charge in [0.05, 0.1) is 43.7 Å². The number of nitrogens with zero attached hydrogens (tertiary/aromatic N) is 2. The van der Waals surface area contributed by atoms with Gasteiger partial charge >= 0.3 is 0 Å². The second-order valence-corrected chi connectivity index (χ2v) is 14.5. The average molecular weight is 690 g/mol. The minimum Gasteiger partial charge on any atom is -0.393 e. The van der Waals surface area contributed by atoms with Crippen molar-refractivity contribution in [2.75, 3.05) is 26.3 Å². The van der Waals surface area contributed by atoms with Gasteiger partial charge in [-0.1, -0.05) is 88.4 Å². The number of H-pyrrole nitrogens is 1. The normalized spacial score (nSPS) is 18.7. The standard InChI is InChI=1S/C39H55N5O6/c1-26(2)35(45)23-36(46)33(19-27-9-4-3-5-10-27)42-39(49)34(22-31-24-40-25-41-31)43-38(48)30(21-37(47)44-15-17-50-18-16-44)20-29-13-8-12-28-11-6-7-14-32(28)29/h6-8,11-14,24-27,30,33-36,45-46H,3-5,9-10,15-23H2,1-2H3,(H,40,41)(H,42,49)(H,43,48)/t30-,33-,34-,35-,36-/m0/s1. The number of carbonyl (C=O) groups is 3. The lowest BCUT2D eigenvalue weighted by Crippen LogP contribution is -2.55. The van der Waals surface area contributed by atoms with Crippen LogP contribution in [0, 0.1) is 17.8 Å². The van der Waals surface area contributed by atoms with E-state index in [4.69, 9.17) is 4.74 Å². The molecule has 0 spiro atoms. The molecule has 2 heterocycles. The molecule has 2 aromatic carbocycles. The number of morpholine rings is 1. The molecule has 1 aromatic heterocycles. The molecule has 1 aliphatic heterocycles. The highest BCUT2D eigenvalue weighted by Gasteiger charge is 2.34. The molecule has 1 saturated carbocycles. The smallest absolute Gasteiger partial charge is 0.243 e. The number of carbonyl (C=O) groups excluding carboxylic acids is 3.